The number of rotatable bonds is 7. The zero-order chi connectivity index (χ0) is 20.9. The molecule has 1 aromatic heterocycles. The number of carbonyl (C=O) groups excluding carboxylic acids is 1. The van der Waals surface area contributed by atoms with Gasteiger partial charge in [-0.1, -0.05) is 47.7 Å². The minimum atomic E-state index is -0.394. The van der Waals surface area contributed by atoms with E-state index in [2.05, 4.69) is 4.98 Å². The number of anilines is 1. The van der Waals surface area contributed by atoms with E-state index in [0.29, 0.717) is 22.1 Å². The molecule has 0 atom stereocenters. The molecule has 0 bridgehead atoms. The Kier molecular flexibility index (Phi) is 6.40. The highest BCUT2D eigenvalue weighted by atomic mass is 32.2. The molecular formula is C23H18F2N2OS2. The highest BCUT2D eigenvalue weighted by molar-refractivity contribution is 7.99. The maximum atomic E-state index is 14.1. The molecule has 0 aliphatic carbocycles. The summed E-state index contributed by atoms with van der Waals surface area (Å²) in [5, 5.41) is 0.482. The minimum absolute atomic E-state index is 0.0899. The average molecular weight is 441 g/mol. The van der Waals surface area contributed by atoms with Crippen LogP contribution in [0.2, 0.25) is 0 Å². The van der Waals surface area contributed by atoms with Crippen LogP contribution in [0, 0.1) is 11.6 Å². The normalized spacial score (nSPS) is 11.0. The first kappa shape index (κ1) is 20.5. The van der Waals surface area contributed by atoms with Gasteiger partial charge in [0.05, 0.1) is 11.2 Å². The second-order valence-electron chi connectivity index (χ2n) is 6.60. The first-order valence-electron chi connectivity index (χ1n) is 9.38. The molecule has 1 heterocycles. The van der Waals surface area contributed by atoms with E-state index in [-0.39, 0.29) is 23.7 Å². The van der Waals surface area contributed by atoms with Crippen LogP contribution in [0.4, 0.5) is 13.9 Å². The second kappa shape index (κ2) is 9.36. The number of hydrogen-bond donors (Lipinski definition) is 0. The molecule has 0 saturated carbocycles. The van der Waals surface area contributed by atoms with Crippen molar-refractivity contribution in [2.24, 2.45) is 0 Å². The van der Waals surface area contributed by atoms with E-state index < -0.39 is 5.82 Å². The summed E-state index contributed by atoms with van der Waals surface area (Å²) in [5.74, 6) is -0.218. The van der Waals surface area contributed by atoms with Gasteiger partial charge in [-0.2, -0.15) is 0 Å². The number of thiazole rings is 1. The topological polar surface area (TPSA) is 33.2 Å². The number of carbonyl (C=O) groups is 1. The van der Waals surface area contributed by atoms with Gasteiger partial charge in [0.2, 0.25) is 5.91 Å². The number of hydrogen-bond acceptors (Lipinski definition) is 4. The van der Waals surface area contributed by atoms with E-state index in [4.69, 9.17) is 0 Å². The van der Waals surface area contributed by atoms with Crippen molar-refractivity contribution in [3.8, 4) is 0 Å². The molecule has 7 heteroatoms. The molecule has 4 aromatic rings. The quantitative estimate of drug-likeness (QED) is 0.317. The van der Waals surface area contributed by atoms with Crippen molar-refractivity contribution >= 4 is 44.4 Å². The van der Waals surface area contributed by atoms with E-state index in [1.807, 2.05) is 30.3 Å². The van der Waals surface area contributed by atoms with Gasteiger partial charge in [-0.25, -0.2) is 13.8 Å². The lowest BCUT2D eigenvalue weighted by Crippen LogP contribution is -2.30. The van der Waals surface area contributed by atoms with Crippen molar-refractivity contribution < 1.29 is 13.6 Å². The van der Waals surface area contributed by atoms with Gasteiger partial charge in [-0.15, -0.1) is 11.8 Å². The number of thioether (sulfide) groups is 1. The summed E-state index contributed by atoms with van der Waals surface area (Å²) in [6, 6.07) is 20.7. The third-order valence-corrected chi connectivity index (χ3v) is 6.53. The summed E-state index contributed by atoms with van der Waals surface area (Å²) in [5.41, 5.74) is 1.25. The van der Waals surface area contributed by atoms with Crippen LogP contribution in [-0.2, 0) is 11.3 Å². The molecule has 0 fully saturated rings. The van der Waals surface area contributed by atoms with Crippen LogP contribution in [0.25, 0.3) is 10.2 Å². The minimum Gasteiger partial charge on any atom is -0.284 e. The van der Waals surface area contributed by atoms with Gasteiger partial charge in [0, 0.05) is 17.1 Å². The molecule has 3 nitrogen and oxygen atoms in total. The number of nitrogens with zero attached hydrogens (tertiary/aromatic N) is 2. The maximum absolute atomic E-state index is 14.1. The largest absolute Gasteiger partial charge is 0.284 e. The summed E-state index contributed by atoms with van der Waals surface area (Å²) in [4.78, 5) is 20.0. The molecule has 4 rings (SSSR count). The van der Waals surface area contributed by atoms with E-state index in [1.54, 1.807) is 29.2 Å². The summed E-state index contributed by atoms with van der Waals surface area (Å²) in [6.45, 7) is 0.363. The van der Waals surface area contributed by atoms with E-state index in [0.717, 1.165) is 10.5 Å². The molecule has 0 saturated heterocycles. The lowest BCUT2D eigenvalue weighted by Gasteiger charge is -2.20. The molecule has 0 radical (unpaired) electrons. The van der Waals surface area contributed by atoms with E-state index in [9.17, 15) is 13.6 Å². The van der Waals surface area contributed by atoms with E-state index in [1.165, 1.54) is 41.3 Å². The molecule has 0 aliphatic rings. The average Bonchev–Trinajstić information content (AvgIpc) is 3.19. The third kappa shape index (κ3) is 4.86. The van der Waals surface area contributed by atoms with E-state index >= 15 is 0 Å². The first-order chi connectivity index (χ1) is 14.6. The number of benzene rings is 3. The Morgan fingerprint density at radius 1 is 0.967 bits per heavy atom. The Labute approximate surface area is 181 Å². The number of para-hydroxylation sites is 1. The number of aromatic nitrogens is 1. The zero-order valence-corrected chi connectivity index (χ0v) is 17.6. The highest BCUT2D eigenvalue weighted by Gasteiger charge is 2.21. The van der Waals surface area contributed by atoms with Gasteiger partial charge in [-0.3, -0.25) is 9.69 Å². The Morgan fingerprint density at radius 3 is 2.47 bits per heavy atom. The Bertz CT molecular complexity index is 1150. The molecule has 3 aromatic carbocycles. The van der Waals surface area contributed by atoms with Gasteiger partial charge < -0.3 is 0 Å². The number of halogens is 2. The van der Waals surface area contributed by atoms with Gasteiger partial charge in [0.25, 0.3) is 0 Å². The lowest BCUT2D eigenvalue weighted by atomic mass is 10.2. The molecule has 30 heavy (non-hydrogen) atoms. The number of fused-ring (bicyclic) bond motifs is 1. The Hall–Kier alpha value is -2.77. The van der Waals surface area contributed by atoms with Crippen molar-refractivity contribution in [1.82, 2.24) is 4.98 Å². The van der Waals surface area contributed by atoms with Crippen LogP contribution in [0.1, 0.15) is 12.0 Å². The first-order valence-corrected chi connectivity index (χ1v) is 11.2. The summed E-state index contributed by atoms with van der Waals surface area (Å²) in [6.07, 6.45) is 0.285. The monoisotopic (exact) mass is 440 g/mol. The molecule has 0 N–H and O–H groups in total. The van der Waals surface area contributed by atoms with Crippen LogP contribution in [-0.4, -0.2) is 16.6 Å². The SMILES string of the molecule is O=C(CCSc1ccc(F)cc1)N(Cc1ccccc1)c1nc2c(F)cccc2s1. The number of amides is 1. The van der Waals surface area contributed by atoms with Crippen molar-refractivity contribution in [3.05, 3.63) is 90.0 Å². The van der Waals surface area contributed by atoms with Gasteiger partial charge in [-0.05, 0) is 42.0 Å². The second-order valence-corrected chi connectivity index (χ2v) is 8.78. The van der Waals surface area contributed by atoms with Crippen molar-refractivity contribution in [1.29, 1.82) is 0 Å². The fourth-order valence-electron chi connectivity index (χ4n) is 2.97. The summed E-state index contributed by atoms with van der Waals surface area (Å²) >= 11 is 2.80. The maximum Gasteiger partial charge on any atom is 0.229 e. The van der Waals surface area contributed by atoms with Gasteiger partial charge in [0.15, 0.2) is 5.13 Å². The molecule has 0 unspecified atom stereocenters. The van der Waals surface area contributed by atoms with Crippen LogP contribution in [0.15, 0.2) is 77.7 Å². The molecule has 152 valence electrons. The zero-order valence-electron chi connectivity index (χ0n) is 15.9. The fourth-order valence-corrected chi connectivity index (χ4v) is 4.81. The third-order valence-electron chi connectivity index (χ3n) is 4.47. The Balaban J connectivity index is 1.53. The fraction of sp³-hybridized carbons (Fsp3) is 0.130. The Morgan fingerprint density at radius 2 is 1.73 bits per heavy atom. The van der Waals surface area contributed by atoms with Gasteiger partial charge >= 0.3 is 0 Å². The summed E-state index contributed by atoms with van der Waals surface area (Å²) < 4.78 is 27.9. The smallest absolute Gasteiger partial charge is 0.229 e. The molecule has 0 spiro atoms. The van der Waals surface area contributed by atoms with Crippen LogP contribution in [0.5, 0.6) is 0 Å². The molecule has 1 amide bonds. The highest BCUT2D eigenvalue weighted by Crippen LogP contribution is 2.32. The van der Waals surface area contributed by atoms with Gasteiger partial charge in [0.1, 0.15) is 17.2 Å². The molecule has 0 aliphatic heterocycles. The van der Waals surface area contributed by atoms with Crippen LogP contribution >= 0.6 is 23.1 Å². The van der Waals surface area contributed by atoms with Crippen molar-refractivity contribution in [2.75, 3.05) is 10.7 Å². The van der Waals surface area contributed by atoms with Crippen LogP contribution < -0.4 is 4.90 Å². The van der Waals surface area contributed by atoms with Crippen LogP contribution in [0.3, 0.4) is 0 Å². The lowest BCUT2D eigenvalue weighted by molar-refractivity contribution is -0.118. The standard InChI is InChI=1S/C23H18F2N2OS2/c24-17-9-11-18(12-10-17)29-14-13-21(28)27(15-16-5-2-1-3-6-16)23-26-22-19(25)7-4-8-20(22)30-23/h1-12H,13-15H2. The predicted molar refractivity (Wildman–Crippen MR) is 119 cm³/mol. The summed E-state index contributed by atoms with van der Waals surface area (Å²) in [7, 11) is 0. The molecular weight excluding hydrogens is 422 g/mol. The van der Waals surface area contributed by atoms with Crippen molar-refractivity contribution in [3.63, 3.8) is 0 Å². The predicted octanol–water partition coefficient (Wildman–Crippen LogP) is 6.29. The van der Waals surface area contributed by atoms with Crippen molar-refractivity contribution in [2.45, 2.75) is 17.9 Å².